The van der Waals surface area contributed by atoms with Crippen molar-refractivity contribution in [2.24, 2.45) is 0 Å². The molecule has 2 atom stereocenters. The molecule has 4 aliphatic rings. The molecule has 2 heterocycles. The summed E-state index contributed by atoms with van der Waals surface area (Å²) < 4.78 is 34.8. The molecule has 0 spiro atoms. The lowest BCUT2D eigenvalue weighted by Gasteiger charge is -2.41. The van der Waals surface area contributed by atoms with Gasteiger partial charge >= 0.3 is 0 Å². The molecular formula is C55H85BrN4O10. The van der Waals surface area contributed by atoms with Crippen LogP contribution in [0.25, 0.3) is 0 Å². The number of anilines is 2. The van der Waals surface area contributed by atoms with Crippen molar-refractivity contribution in [1.29, 1.82) is 0 Å². The molecule has 392 valence electrons. The molecule has 2 fully saturated rings. The Morgan fingerprint density at radius 2 is 1.06 bits per heavy atom. The van der Waals surface area contributed by atoms with Gasteiger partial charge in [0.25, 0.3) is 23.6 Å². The van der Waals surface area contributed by atoms with Gasteiger partial charge in [-0.1, -0.05) is 38.5 Å². The van der Waals surface area contributed by atoms with E-state index in [1.165, 1.54) is 25.7 Å². The predicted octanol–water partition coefficient (Wildman–Crippen LogP) is 10.7. The molecule has 2 aromatic carbocycles. The Morgan fingerprint density at radius 1 is 0.657 bits per heavy atom. The number of carbonyl (C=O) groups is 4. The van der Waals surface area contributed by atoms with Crippen LogP contribution in [0.5, 0.6) is 11.5 Å². The Labute approximate surface area is 427 Å². The van der Waals surface area contributed by atoms with Crippen molar-refractivity contribution in [2.45, 2.75) is 188 Å². The van der Waals surface area contributed by atoms with Gasteiger partial charge in [-0.25, -0.2) is 0 Å². The fraction of sp³-hybridized carbons (Fsp3) is 0.709. The van der Waals surface area contributed by atoms with Crippen LogP contribution >= 0.6 is 15.9 Å². The summed E-state index contributed by atoms with van der Waals surface area (Å²) in [6.07, 6.45) is 14.6. The minimum atomic E-state index is -1.12. The average Bonchev–Trinajstić information content (AvgIpc) is 3.33. The number of hydrogen-bond acceptors (Lipinski definition) is 10. The number of benzene rings is 2. The summed E-state index contributed by atoms with van der Waals surface area (Å²) in [5.41, 5.74) is 1.16. The van der Waals surface area contributed by atoms with Crippen LogP contribution in [-0.2, 0) is 28.5 Å². The number of carbonyl (C=O) groups excluding carboxylic acids is 4. The lowest BCUT2D eigenvalue weighted by Crippen LogP contribution is -2.57. The molecule has 0 radical (unpaired) electrons. The van der Waals surface area contributed by atoms with Crippen molar-refractivity contribution in [1.82, 2.24) is 9.80 Å². The molecule has 15 heteroatoms. The van der Waals surface area contributed by atoms with Gasteiger partial charge in [-0.2, -0.15) is 0 Å². The molecule has 0 bridgehead atoms. The molecule has 0 saturated heterocycles. The zero-order chi connectivity index (χ0) is 51.2. The monoisotopic (exact) mass is 1040 g/mol. The second-order valence-corrected chi connectivity index (χ2v) is 21.2. The Kier molecular flexibility index (Phi) is 21.9. The second kappa shape index (κ2) is 26.8. The second-order valence-electron chi connectivity index (χ2n) is 20.4. The number of nitrogens with zero attached hydrogens (tertiary/aromatic N) is 4. The van der Waals surface area contributed by atoms with Gasteiger partial charge in [-0.05, 0) is 159 Å². The highest BCUT2D eigenvalue weighted by Gasteiger charge is 2.47. The topological polar surface area (TPSA) is 137 Å². The van der Waals surface area contributed by atoms with Crippen LogP contribution in [0.3, 0.4) is 0 Å². The van der Waals surface area contributed by atoms with Crippen LogP contribution in [0.4, 0.5) is 11.4 Å². The lowest BCUT2D eigenvalue weighted by atomic mass is 9.92. The summed E-state index contributed by atoms with van der Waals surface area (Å²) in [6.45, 7) is 21.3. The van der Waals surface area contributed by atoms with Gasteiger partial charge in [0.05, 0.1) is 30.2 Å². The molecule has 4 amide bonds. The Balaban J connectivity index is 0.000000261. The largest absolute Gasteiger partial charge is 0.473 e. The lowest BCUT2D eigenvalue weighted by molar-refractivity contribution is -0.140. The van der Waals surface area contributed by atoms with E-state index in [1.54, 1.807) is 37.9 Å². The van der Waals surface area contributed by atoms with Crippen molar-refractivity contribution in [3.63, 3.8) is 0 Å². The van der Waals surface area contributed by atoms with Crippen LogP contribution in [0.15, 0.2) is 28.7 Å². The third kappa shape index (κ3) is 13.8. The number of hydrogen-bond donors (Lipinski definition) is 0. The first kappa shape index (κ1) is 57.1. The zero-order valence-electron chi connectivity index (χ0n) is 44.4. The first-order valence-electron chi connectivity index (χ1n) is 26.3. The smallest absolute Gasteiger partial charge is 0.273 e. The zero-order valence-corrected chi connectivity index (χ0v) is 46.0. The van der Waals surface area contributed by atoms with E-state index in [2.05, 4.69) is 48.5 Å². The summed E-state index contributed by atoms with van der Waals surface area (Å²) in [4.78, 5) is 62.6. The van der Waals surface area contributed by atoms with E-state index in [1.807, 2.05) is 49.9 Å². The summed E-state index contributed by atoms with van der Waals surface area (Å²) in [5, 5.41) is 0. The molecule has 2 saturated carbocycles. The van der Waals surface area contributed by atoms with Crippen molar-refractivity contribution < 1.29 is 47.6 Å². The first-order chi connectivity index (χ1) is 33.5. The Morgan fingerprint density at radius 3 is 1.46 bits per heavy atom. The van der Waals surface area contributed by atoms with E-state index >= 15 is 0 Å². The van der Waals surface area contributed by atoms with Gasteiger partial charge in [0, 0.05) is 87.9 Å². The summed E-state index contributed by atoms with van der Waals surface area (Å²) >= 11 is 3.64. The van der Waals surface area contributed by atoms with E-state index in [9.17, 15) is 19.2 Å². The molecule has 6 rings (SSSR count). The summed E-state index contributed by atoms with van der Waals surface area (Å²) in [6, 6.07) is 8.17. The van der Waals surface area contributed by atoms with E-state index in [4.69, 9.17) is 28.4 Å². The SMILES string of the molecule is CCOCC1(C)Oc2cc(Br)c(C(=O)N(C(C)C)C3CCCCC3)cc2N(CCCCOC)C1=O.CCOCC1(C)Oc2cc(C)c(C(=O)N(C(C)C)C3CCCCC3)cc2N(CCCCOC)C1=O. The highest BCUT2D eigenvalue weighted by Crippen LogP contribution is 2.44. The van der Waals surface area contributed by atoms with E-state index < -0.39 is 11.2 Å². The van der Waals surface area contributed by atoms with Crippen LogP contribution in [0.2, 0.25) is 0 Å². The minimum absolute atomic E-state index is 0.00370. The van der Waals surface area contributed by atoms with Gasteiger partial charge in [-0.15, -0.1) is 0 Å². The third-order valence-electron chi connectivity index (χ3n) is 14.1. The number of unbranched alkanes of at least 4 members (excludes halogenated alkanes) is 2. The van der Waals surface area contributed by atoms with Crippen LogP contribution in [0.1, 0.15) is 172 Å². The number of fused-ring (bicyclic) bond motifs is 2. The maximum atomic E-state index is 13.9. The molecule has 2 unspecified atom stereocenters. The number of amides is 4. The van der Waals surface area contributed by atoms with Crippen molar-refractivity contribution in [3.05, 3.63) is 45.4 Å². The molecule has 2 aliphatic heterocycles. The van der Waals surface area contributed by atoms with Crippen molar-refractivity contribution in [3.8, 4) is 11.5 Å². The van der Waals surface area contributed by atoms with Crippen molar-refractivity contribution in [2.75, 3.05) is 76.8 Å². The molecule has 0 N–H and O–H groups in total. The van der Waals surface area contributed by atoms with E-state index in [0.29, 0.717) is 78.0 Å². The molecule has 2 aliphatic carbocycles. The fourth-order valence-electron chi connectivity index (χ4n) is 10.4. The van der Waals surface area contributed by atoms with Gasteiger partial charge < -0.3 is 48.0 Å². The van der Waals surface area contributed by atoms with Crippen LogP contribution < -0.4 is 19.3 Å². The van der Waals surface area contributed by atoms with Gasteiger partial charge in [0.15, 0.2) is 0 Å². The number of methoxy groups -OCH3 is 2. The first-order valence-corrected chi connectivity index (χ1v) is 27.0. The predicted molar refractivity (Wildman–Crippen MR) is 280 cm³/mol. The molecule has 2 aromatic rings. The molecule has 70 heavy (non-hydrogen) atoms. The summed E-state index contributed by atoms with van der Waals surface area (Å²) in [7, 11) is 3.36. The van der Waals surface area contributed by atoms with Crippen LogP contribution in [-0.4, -0.2) is 136 Å². The highest BCUT2D eigenvalue weighted by molar-refractivity contribution is 9.10. The number of halogens is 1. The van der Waals surface area contributed by atoms with E-state index in [-0.39, 0.29) is 61.0 Å². The van der Waals surface area contributed by atoms with Crippen molar-refractivity contribution >= 4 is 50.9 Å². The quantitative estimate of drug-likeness (QED) is 0.105. The maximum absolute atomic E-state index is 13.9. The van der Waals surface area contributed by atoms with E-state index in [0.717, 1.165) is 69.8 Å². The van der Waals surface area contributed by atoms with Crippen LogP contribution in [0, 0.1) is 6.92 Å². The van der Waals surface area contributed by atoms with Gasteiger partial charge in [-0.3, -0.25) is 19.2 Å². The normalized spacial score (nSPS) is 20.7. The Bertz CT molecular complexity index is 1910. The molecule has 0 aromatic heterocycles. The minimum Gasteiger partial charge on any atom is -0.473 e. The fourth-order valence-corrected chi connectivity index (χ4v) is 10.9. The standard InChI is InChI=1S/C28H44N2O5.C27H41BrN2O5/c1-7-34-19-28(5)27(32)29(15-11-12-16-33-6)24-18-23(21(4)17-25(24)35-28)26(31)30(20(2)3)22-13-9-8-10-14-22;1-6-34-18-27(4)26(32)29(14-10-11-15-33-5)23-16-21(22(28)17-24(23)35-27)25(31)30(19(2)3)20-12-8-7-9-13-20/h17-18,20,22H,7-16,19H2,1-6H3;16-17,19-20H,6-15,18H2,1-5H3. The number of rotatable bonds is 22. The Hall–Kier alpha value is -3.76. The van der Waals surface area contributed by atoms with Gasteiger partial charge in [0.2, 0.25) is 11.2 Å². The molecule has 14 nitrogen and oxygen atoms in total. The maximum Gasteiger partial charge on any atom is 0.273 e. The average molecular weight is 1040 g/mol. The number of ether oxygens (including phenoxy) is 6. The highest BCUT2D eigenvalue weighted by atomic mass is 79.9. The van der Waals surface area contributed by atoms with Gasteiger partial charge in [0.1, 0.15) is 11.5 Å². The summed E-state index contributed by atoms with van der Waals surface area (Å²) in [5.74, 6) is 0.963. The third-order valence-corrected chi connectivity index (χ3v) is 14.8. The molecular weight excluding hydrogens is 957 g/mol. The number of aryl methyl sites for hydroxylation is 1.